The van der Waals surface area contributed by atoms with Crippen LogP contribution in [0, 0.1) is 0 Å². The van der Waals surface area contributed by atoms with Crippen molar-refractivity contribution in [1.82, 2.24) is 10.6 Å². The number of nitrogens with one attached hydrogen (secondary N) is 2. The number of benzene rings is 1. The van der Waals surface area contributed by atoms with Gasteiger partial charge in [0.15, 0.2) is 5.96 Å². The molecule has 1 aliphatic heterocycles. The number of methoxy groups -OCH3 is 2. The molecule has 0 amide bonds. The Balaban J connectivity index is 0.00000288. The standard InChI is InChI=1S/C17H27N3O3.HI/c1-18-16(19-12-14-6-4-5-7-15(14)21-2)20-13-17(22-3)8-10-23-11-9-17;/h4-7H,8-13H2,1-3H3,(H2,18,19,20);1H. The molecule has 0 spiro atoms. The largest absolute Gasteiger partial charge is 0.496 e. The number of para-hydroxylation sites is 1. The molecule has 0 atom stereocenters. The summed E-state index contributed by atoms with van der Waals surface area (Å²) >= 11 is 0. The van der Waals surface area contributed by atoms with Crippen molar-refractivity contribution in [2.45, 2.75) is 25.0 Å². The Hall–Kier alpha value is -1.06. The van der Waals surface area contributed by atoms with E-state index in [0.29, 0.717) is 13.1 Å². The molecular weight excluding hydrogens is 421 g/mol. The van der Waals surface area contributed by atoms with E-state index in [1.165, 1.54) is 0 Å². The first kappa shape index (κ1) is 21.0. The Kier molecular flexibility index (Phi) is 9.38. The lowest BCUT2D eigenvalue weighted by atomic mass is 9.94. The van der Waals surface area contributed by atoms with Gasteiger partial charge in [0.25, 0.3) is 0 Å². The molecule has 2 N–H and O–H groups in total. The third-order valence-electron chi connectivity index (χ3n) is 4.28. The summed E-state index contributed by atoms with van der Waals surface area (Å²) in [5.41, 5.74) is 0.908. The lowest BCUT2D eigenvalue weighted by Crippen LogP contribution is -2.50. The Morgan fingerprint density at radius 1 is 1.21 bits per heavy atom. The van der Waals surface area contributed by atoms with Crippen LogP contribution in [0.2, 0.25) is 0 Å². The minimum Gasteiger partial charge on any atom is -0.496 e. The zero-order chi connectivity index (χ0) is 16.5. The highest BCUT2D eigenvalue weighted by Crippen LogP contribution is 2.23. The summed E-state index contributed by atoms with van der Waals surface area (Å²) < 4.78 is 16.5. The molecule has 1 saturated heterocycles. The van der Waals surface area contributed by atoms with Crippen molar-refractivity contribution in [3.63, 3.8) is 0 Å². The average molecular weight is 449 g/mol. The van der Waals surface area contributed by atoms with Gasteiger partial charge < -0.3 is 24.8 Å². The number of nitrogens with zero attached hydrogens (tertiary/aromatic N) is 1. The second-order valence-corrected chi connectivity index (χ2v) is 5.59. The van der Waals surface area contributed by atoms with Crippen molar-refractivity contribution in [3.05, 3.63) is 29.8 Å². The van der Waals surface area contributed by atoms with E-state index in [4.69, 9.17) is 14.2 Å². The smallest absolute Gasteiger partial charge is 0.191 e. The molecule has 1 heterocycles. The molecule has 24 heavy (non-hydrogen) atoms. The van der Waals surface area contributed by atoms with Crippen LogP contribution in [-0.4, -0.2) is 52.6 Å². The minimum atomic E-state index is -0.180. The van der Waals surface area contributed by atoms with Gasteiger partial charge in [-0.15, -0.1) is 24.0 Å². The Bertz CT molecular complexity index is 520. The Labute approximate surface area is 161 Å². The first-order valence-electron chi connectivity index (χ1n) is 7.92. The quantitative estimate of drug-likeness (QED) is 0.396. The van der Waals surface area contributed by atoms with Gasteiger partial charge >= 0.3 is 0 Å². The number of halogens is 1. The molecule has 7 heteroatoms. The molecule has 0 radical (unpaired) electrons. The van der Waals surface area contributed by atoms with Gasteiger partial charge in [0, 0.05) is 58.9 Å². The van der Waals surface area contributed by atoms with Crippen molar-refractivity contribution in [2.24, 2.45) is 4.99 Å². The topological polar surface area (TPSA) is 64.1 Å². The molecule has 0 unspecified atom stereocenters. The van der Waals surface area contributed by atoms with Crippen LogP contribution < -0.4 is 15.4 Å². The highest BCUT2D eigenvalue weighted by Gasteiger charge is 2.32. The van der Waals surface area contributed by atoms with Gasteiger partial charge in [-0.05, 0) is 6.07 Å². The molecule has 2 rings (SSSR count). The number of hydrogen-bond acceptors (Lipinski definition) is 4. The van der Waals surface area contributed by atoms with Gasteiger partial charge in [-0.1, -0.05) is 18.2 Å². The van der Waals surface area contributed by atoms with E-state index in [-0.39, 0.29) is 29.6 Å². The average Bonchev–Trinajstić information content (AvgIpc) is 2.63. The monoisotopic (exact) mass is 449 g/mol. The summed E-state index contributed by atoms with van der Waals surface area (Å²) in [6.45, 7) is 2.83. The minimum absolute atomic E-state index is 0. The van der Waals surface area contributed by atoms with Crippen LogP contribution in [0.3, 0.4) is 0 Å². The summed E-state index contributed by atoms with van der Waals surface area (Å²) in [6, 6.07) is 7.95. The molecule has 0 saturated carbocycles. The predicted molar refractivity (Wildman–Crippen MR) is 106 cm³/mol. The summed E-state index contributed by atoms with van der Waals surface area (Å²) in [6.07, 6.45) is 1.78. The number of rotatable bonds is 6. The molecule has 0 aliphatic carbocycles. The van der Waals surface area contributed by atoms with Crippen molar-refractivity contribution >= 4 is 29.9 Å². The molecule has 0 aromatic heterocycles. The van der Waals surface area contributed by atoms with E-state index in [1.54, 1.807) is 21.3 Å². The van der Waals surface area contributed by atoms with Crippen molar-refractivity contribution < 1.29 is 14.2 Å². The summed E-state index contributed by atoms with van der Waals surface area (Å²) in [5.74, 6) is 1.62. The molecule has 1 aliphatic rings. The van der Waals surface area contributed by atoms with E-state index in [0.717, 1.165) is 43.3 Å². The fourth-order valence-corrected chi connectivity index (χ4v) is 2.69. The third kappa shape index (κ3) is 5.78. The molecule has 136 valence electrons. The van der Waals surface area contributed by atoms with Crippen LogP contribution in [-0.2, 0) is 16.0 Å². The van der Waals surface area contributed by atoms with E-state index in [1.807, 2.05) is 24.3 Å². The lowest BCUT2D eigenvalue weighted by molar-refractivity contribution is -0.0855. The van der Waals surface area contributed by atoms with Crippen molar-refractivity contribution in [3.8, 4) is 5.75 Å². The van der Waals surface area contributed by atoms with Gasteiger partial charge in [-0.3, -0.25) is 4.99 Å². The van der Waals surface area contributed by atoms with E-state index >= 15 is 0 Å². The zero-order valence-corrected chi connectivity index (χ0v) is 17.0. The maximum atomic E-state index is 5.73. The Morgan fingerprint density at radius 3 is 2.54 bits per heavy atom. The van der Waals surface area contributed by atoms with Crippen LogP contribution in [0.5, 0.6) is 5.75 Å². The molecule has 0 bridgehead atoms. The highest BCUT2D eigenvalue weighted by atomic mass is 127. The van der Waals surface area contributed by atoms with E-state index in [9.17, 15) is 0 Å². The number of guanidine groups is 1. The maximum Gasteiger partial charge on any atom is 0.191 e. The fraction of sp³-hybridized carbons (Fsp3) is 0.588. The molecule has 1 aromatic carbocycles. The number of aliphatic imine (C=N–C) groups is 1. The molecule has 1 fully saturated rings. The number of ether oxygens (including phenoxy) is 3. The normalized spacial score (nSPS) is 16.9. The second-order valence-electron chi connectivity index (χ2n) is 5.59. The van der Waals surface area contributed by atoms with Gasteiger partial charge in [0.1, 0.15) is 5.75 Å². The Morgan fingerprint density at radius 2 is 1.92 bits per heavy atom. The van der Waals surface area contributed by atoms with Crippen LogP contribution in [0.4, 0.5) is 0 Å². The predicted octanol–water partition coefficient (Wildman–Crippen LogP) is 2.17. The summed E-state index contributed by atoms with van der Waals surface area (Å²) in [7, 11) is 5.21. The molecule has 6 nitrogen and oxygen atoms in total. The van der Waals surface area contributed by atoms with Crippen LogP contribution in [0.15, 0.2) is 29.3 Å². The van der Waals surface area contributed by atoms with Crippen molar-refractivity contribution in [2.75, 3.05) is 41.0 Å². The van der Waals surface area contributed by atoms with Gasteiger partial charge in [0.2, 0.25) is 0 Å². The van der Waals surface area contributed by atoms with E-state index in [2.05, 4.69) is 15.6 Å². The highest BCUT2D eigenvalue weighted by molar-refractivity contribution is 14.0. The first-order valence-corrected chi connectivity index (χ1v) is 7.92. The van der Waals surface area contributed by atoms with Gasteiger partial charge in [0.05, 0.1) is 12.7 Å². The van der Waals surface area contributed by atoms with Crippen LogP contribution >= 0.6 is 24.0 Å². The fourth-order valence-electron chi connectivity index (χ4n) is 2.69. The van der Waals surface area contributed by atoms with Gasteiger partial charge in [-0.2, -0.15) is 0 Å². The molecule has 1 aromatic rings. The SMILES string of the molecule is CN=C(NCc1ccccc1OC)NCC1(OC)CCOCC1.I. The van der Waals surface area contributed by atoms with Crippen LogP contribution in [0.25, 0.3) is 0 Å². The van der Waals surface area contributed by atoms with Gasteiger partial charge in [-0.25, -0.2) is 0 Å². The number of hydrogen-bond donors (Lipinski definition) is 2. The van der Waals surface area contributed by atoms with Crippen LogP contribution in [0.1, 0.15) is 18.4 Å². The third-order valence-corrected chi connectivity index (χ3v) is 4.28. The zero-order valence-electron chi connectivity index (χ0n) is 14.6. The first-order chi connectivity index (χ1) is 11.2. The van der Waals surface area contributed by atoms with Crippen molar-refractivity contribution in [1.29, 1.82) is 0 Å². The lowest BCUT2D eigenvalue weighted by Gasteiger charge is -2.36. The second kappa shape index (κ2) is 10.7. The summed E-state index contributed by atoms with van der Waals surface area (Å²) in [4.78, 5) is 4.28. The summed E-state index contributed by atoms with van der Waals surface area (Å²) in [5, 5.41) is 6.67. The maximum absolute atomic E-state index is 5.73. The van der Waals surface area contributed by atoms with E-state index < -0.39 is 0 Å². The molecular formula is C17H28IN3O3.